The van der Waals surface area contributed by atoms with Gasteiger partial charge in [-0.3, -0.25) is 9.59 Å². The van der Waals surface area contributed by atoms with E-state index < -0.39 is 6.04 Å². The number of likely N-dealkylation sites (N-methyl/N-ethyl adjacent to an activating group) is 1. The summed E-state index contributed by atoms with van der Waals surface area (Å²) in [7, 11) is 1.76. The standard InChI is InChI=1S/C15H21N3O2.ClH/c1-11(12-6-4-3-5-7-12)17-14(19)10-13-15(20)18(2)9-8-16-13;/h3-7,11,13,16H,8-10H2,1-2H3,(H,17,19);1H. The lowest BCUT2D eigenvalue weighted by Crippen LogP contribution is -2.54. The third-order valence-electron chi connectivity index (χ3n) is 3.58. The molecule has 5 nitrogen and oxygen atoms in total. The van der Waals surface area contributed by atoms with Crippen LogP contribution in [0.5, 0.6) is 0 Å². The van der Waals surface area contributed by atoms with Gasteiger partial charge in [-0.25, -0.2) is 0 Å². The molecule has 2 unspecified atom stereocenters. The second-order valence-corrected chi connectivity index (χ2v) is 5.17. The lowest BCUT2D eigenvalue weighted by molar-refractivity contribution is -0.137. The van der Waals surface area contributed by atoms with Gasteiger partial charge >= 0.3 is 0 Å². The maximum absolute atomic E-state index is 12.0. The number of carbonyl (C=O) groups is 2. The van der Waals surface area contributed by atoms with Gasteiger partial charge < -0.3 is 15.5 Å². The Balaban J connectivity index is 0.00000220. The Morgan fingerprint density at radius 1 is 1.43 bits per heavy atom. The highest BCUT2D eigenvalue weighted by Crippen LogP contribution is 2.12. The minimum absolute atomic E-state index is 0. The van der Waals surface area contributed by atoms with Crippen molar-refractivity contribution >= 4 is 24.2 Å². The van der Waals surface area contributed by atoms with E-state index in [4.69, 9.17) is 0 Å². The summed E-state index contributed by atoms with van der Waals surface area (Å²) in [4.78, 5) is 25.6. The summed E-state index contributed by atoms with van der Waals surface area (Å²) < 4.78 is 0. The Kier molecular flexibility index (Phi) is 6.65. The van der Waals surface area contributed by atoms with E-state index in [2.05, 4.69) is 10.6 Å². The molecular formula is C15H22ClN3O2. The predicted molar refractivity (Wildman–Crippen MR) is 84.3 cm³/mol. The minimum Gasteiger partial charge on any atom is -0.350 e. The number of rotatable bonds is 4. The number of benzene rings is 1. The molecule has 0 radical (unpaired) electrons. The van der Waals surface area contributed by atoms with Crippen LogP contribution in [0.3, 0.4) is 0 Å². The molecule has 6 heteroatoms. The molecule has 1 aliphatic rings. The molecule has 2 rings (SSSR count). The second kappa shape index (κ2) is 8.00. The number of carbonyl (C=O) groups excluding carboxylic acids is 2. The number of piperazine rings is 1. The van der Waals surface area contributed by atoms with Crippen LogP contribution in [0, 0.1) is 0 Å². The van der Waals surface area contributed by atoms with Crippen molar-refractivity contribution in [2.75, 3.05) is 20.1 Å². The average Bonchev–Trinajstić information content (AvgIpc) is 2.45. The van der Waals surface area contributed by atoms with E-state index in [0.717, 1.165) is 12.1 Å². The molecule has 21 heavy (non-hydrogen) atoms. The fourth-order valence-corrected chi connectivity index (χ4v) is 2.34. The van der Waals surface area contributed by atoms with Crippen LogP contribution in [-0.4, -0.2) is 42.9 Å². The van der Waals surface area contributed by atoms with Gasteiger partial charge in [0.25, 0.3) is 0 Å². The quantitative estimate of drug-likeness (QED) is 0.875. The van der Waals surface area contributed by atoms with Gasteiger partial charge in [0.15, 0.2) is 0 Å². The highest BCUT2D eigenvalue weighted by molar-refractivity contribution is 5.88. The first-order valence-corrected chi connectivity index (χ1v) is 6.90. The smallest absolute Gasteiger partial charge is 0.240 e. The molecule has 1 aliphatic heterocycles. The first-order chi connectivity index (χ1) is 9.58. The molecule has 2 atom stereocenters. The number of hydrogen-bond acceptors (Lipinski definition) is 3. The van der Waals surface area contributed by atoms with Gasteiger partial charge in [-0.15, -0.1) is 12.4 Å². The first-order valence-electron chi connectivity index (χ1n) is 6.90. The van der Waals surface area contributed by atoms with E-state index in [0.29, 0.717) is 6.54 Å². The van der Waals surface area contributed by atoms with Gasteiger partial charge in [0.1, 0.15) is 0 Å². The monoisotopic (exact) mass is 311 g/mol. The minimum atomic E-state index is -0.406. The maximum Gasteiger partial charge on any atom is 0.240 e. The van der Waals surface area contributed by atoms with Crippen LogP contribution in [0.4, 0.5) is 0 Å². The molecule has 0 spiro atoms. The topological polar surface area (TPSA) is 61.4 Å². The van der Waals surface area contributed by atoms with Gasteiger partial charge in [-0.05, 0) is 12.5 Å². The number of nitrogens with zero attached hydrogens (tertiary/aromatic N) is 1. The molecule has 1 saturated heterocycles. The second-order valence-electron chi connectivity index (χ2n) is 5.17. The van der Waals surface area contributed by atoms with Crippen LogP contribution < -0.4 is 10.6 Å². The van der Waals surface area contributed by atoms with Crippen LogP contribution in [0.25, 0.3) is 0 Å². The maximum atomic E-state index is 12.0. The van der Waals surface area contributed by atoms with Crippen molar-refractivity contribution in [3.63, 3.8) is 0 Å². The summed E-state index contributed by atoms with van der Waals surface area (Å²) in [6.07, 6.45) is 0.181. The Bertz CT molecular complexity index is 481. The van der Waals surface area contributed by atoms with Crippen molar-refractivity contribution in [3.05, 3.63) is 35.9 Å². The Morgan fingerprint density at radius 3 is 2.76 bits per heavy atom. The Morgan fingerprint density at radius 2 is 2.10 bits per heavy atom. The SMILES string of the molecule is CC(NC(=O)CC1NCCN(C)C1=O)c1ccccc1.Cl. The fraction of sp³-hybridized carbons (Fsp3) is 0.467. The van der Waals surface area contributed by atoms with Gasteiger partial charge in [-0.1, -0.05) is 30.3 Å². The number of hydrogen-bond donors (Lipinski definition) is 2. The molecule has 2 amide bonds. The average molecular weight is 312 g/mol. The van der Waals surface area contributed by atoms with E-state index in [1.807, 2.05) is 37.3 Å². The summed E-state index contributed by atoms with van der Waals surface area (Å²) in [5.74, 6) is -0.124. The third kappa shape index (κ3) is 4.72. The van der Waals surface area contributed by atoms with E-state index in [1.54, 1.807) is 11.9 Å². The molecule has 116 valence electrons. The molecule has 1 heterocycles. The van der Waals surface area contributed by atoms with Crippen molar-refractivity contribution in [2.45, 2.75) is 25.4 Å². The van der Waals surface area contributed by atoms with Crippen LogP contribution >= 0.6 is 12.4 Å². The molecule has 0 aromatic heterocycles. The molecule has 0 saturated carbocycles. The molecule has 1 aromatic carbocycles. The number of halogens is 1. The summed E-state index contributed by atoms with van der Waals surface area (Å²) in [6, 6.07) is 9.32. The normalized spacial score (nSPS) is 19.6. The summed E-state index contributed by atoms with van der Waals surface area (Å²) in [5, 5.41) is 6.02. The van der Waals surface area contributed by atoms with Gasteiger partial charge in [0, 0.05) is 20.1 Å². The van der Waals surface area contributed by atoms with Crippen molar-refractivity contribution in [3.8, 4) is 0 Å². The number of nitrogens with one attached hydrogen (secondary N) is 2. The largest absolute Gasteiger partial charge is 0.350 e. The lowest BCUT2D eigenvalue weighted by Gasteiger charge is -2.30. The summed E-state index contributed by atoms with van der Waals surface area (Å²) in [6.45, 7) is 3.36. The first kappa shape index (κ1) is 17.5. The lowest BCUT2D eigenvalue weighted by atomic mass is 10.1. The summed E-state index contributed by atoms with van der Waals surface area (Å²) in [5.41, 5.74) is 1.06. The third-order valence-corrected chi connectivity index (χ3v) is 3.58. The van der Waals surface area contributed by atoms with Crippen LogP contribution in [0.15, 0.2) is 30.3 Å². The van der Waals surface area contributed by atoms with E-state index in [1.165, 1.54) is 0 Å². The van der Waals surface area contributed by atoms with Crippen LogP contribution in [0.2, 0.25) is 0 Å². The Hall–Kier alpha value is -1.59. The zero-order valence-corrected chi connectivity index (χ0v) is 13.2. The van der Waals surface area contributed by atoms with Crippen molar-refractivity contribution in [2.24, 2.45) is 0 Å². The van der Waals surface area contributed by atoms with Crippen molar-refractivity contribution in [1.29, 1.82) is 0 Å². The van der Waals surface area contributed by atoms with Gasteiger partial charge in [0.2, 0.25) is 11.8 Å². The molecule has 0 bridgehead atoms. The van der Waals surface area contributed by atoms with Gasteiger partial charge in [0.05, 0.1) is 18.5 Å². The molecule has 1 fully saturated rings. The van der Waals surface area contributed by atoms with E-state index in [9.17, 15) is 9.59 Å². The predicted octanol–water partition coefficient (Wildman–Crippen LogP) is 1.11. The summed E-state index contributed by atoms with van der Waals surface area (Å²) >= 11 is 0. The van der Waals surface area contributed by atoms with E-state index >= 15 is 0 Å². The van der Waals surface area contributed by atoms with Crippen LogP contribution in [-0.2, 0) is 9.59 Å². The highest BCUT2D eigenvalue weighted by Gasteiger charge is 2.28. The van der Waals surface area contributed by atoms with Gasteiger partial charge in [-0.2, -0.15) is 0 Å². The van der Waals surface area contributed by atoms with E-state index in [-0.39, 0.29) is 36.7 Å². The molecule has 2 N–H and O–H groups in total. The molecular weight excluding hydrogens is 290 g/mol. The van der Waals surface area contributed by atoms with Crippen molar-refractivity contribution < 1.29 is 9.59 Å². The molecule has 1 aromatic rings. The molecule has 0 aliphatic carbocycles. The Labute approximate surface area is 131 Å². The number of amides is 2. The zero-order valence-electron chi connectivity index (χ0n) is 12.3. The highest BCUT2D eigenvalue weighted by atomic mass is 35.5. The zero-order chi connectivity index (χ0) is 14.5. The van der Waals surface area contributed by atoms with Crippen LogP contribution in [0.1, 0.15) is 24.9 Å². The fourth-order valence-electron chi connectivity index (χ4n) is 2.34. The van der Waals surface area contributed by atoms with Crippen molar-refractivity contribution in [1.82, 2.24) is 15.5 Å².